The lowest BCUT2D eigenvalue weighted by Gasteiger charge is -2.13. The Balaban J connectivity index is 1.62. The molecule has 7 nitrogen and oxygen atoms in total. The lowest BCUT2D eigenvalue weighted by atomic mass is 10.1. The standard InChI is InChI=1S/C24H22F2N6O/c1-30-11-19(17-8-13(25)2-6-20(17)30)23-28-29-24(33)32(23)22-12-31(16-5-4-15(27)10-16)21-7-3-14(26)9-18(21)22/h2-3,6-9,11-12,15-16H,4-5,10,27H2,1H3,(H,29,33)/t15-,16-/m1/s1. The lowest BCUT2D eigenvalue weighted by molar-refractivity contribution is 0.525. The predicted octanol–water partition coefficient (Wildman–Crippen LogP) is 4.00. The van der Waals surface area contributed by atoms with Crippen LogP contribution in [-0.2, 0) is 7.05 Å². The quantitative estimate of drug-likeness (QED) is 0.437. The Morgan fingerprint density at radius 3 is 2.48 bits per heavy atom. The maximum Gasteiger partial charge on any atom is 0.348 e. The predicted molar refractivity (Wildman–Crippen MR) is 122 cm³/mol. The molecule has 168 valence electrons. The van der Waals surface area contributed by atoms with Crippen LogP contribution >= 0.6 is 0 Å². The molecule has 2 aromatic carbocycles. The Morgan fingerprint density at radius 2 is 1.76 bits per heavy atom. The summed E-state index contributed by atoms with van der Waals surface area (Å²) in [5, 5.41) is 8.03. The van der Waals surface area contributed by atoms with Gasteiger partial charge >= 0.3 is 5.69 Å². The second-order valence-electron chi connectivity index (χ2n) is 8.81. The van der Waals surface area contributed by atoms with Crippen LogP contribution in [0, 0.1) is 11.6 Å². The van der Waals surface area contributed by atoms with Crippen LogP contribution in [0.15, 0.2) is 53.6 Å². The van der Waals surface area contributed by atoms with Gasteiger partial charge in [0.1, 0.15) is 11.6 Å². The number of aromatic amines is 1. The molecule has 5 aromatic rings. The van der Waals surface area contributed by atoms with Crippen LogP contribution < -0.4 is 11.4 Å². The van der Waals surface area contributed by atoms with Gasteiger partial charge in [-0.1, -0.05) is 0 Å². The van der Waals surface area contributed by atoms with Crippen LogP contribution in [0.4, 0.5) is 8.78 Å². The molecule has 1 fully saturated rings. The molecule has 3 N–H and O–H groups in total. The summed E-state index contributed by atoms with van der Waals surface area (Å²) in [6.45, 7) is 0. The van der Waals surface area contributed by atoms with Gasteiger partial charge in [-0.3, -0.25) is 0 Å². The Labute approximate surface area is 187 Å². The van der Waals surface area contributed by atoms with E-state index in [0.29, 0.717) is 27.8 Å². The van der Waals surface area contributed by atoms with Crippen molar-refractivity contribution in [2.75, 3.05) is 0 Å². The van der Waals surface area contributed by atoms with Gasteiger partial charge in [0.25, 0.3) is 0 Å². The molecule has 6 rings (SSSR count). The van der Waals surface area contributed by atoms with E-state index in [0.717, 1.165) is 30.3 Å². The van der Waals surface area contributed by atoms with E-state index in [1.165, 1.54) is 28.8 Å². The van der Waals surface area contributed by atoms with Crippen LogP contribution in [0.2, 0.25) is 0 Å². The van der Waals surface area contributed by atoms with Crippen molar-refractivity contribution < 1.29 is 8.78 Å². The van der Waals surface area contributed by atoms with E-state index >= 15 is 0 Å². The number of fused-ring (bicyclic) bond motifs is 2. The first-order valence-corrected chi connectivity index (χ1v) is 10.9. The normalized spacial score (nSPS) is 18.7. The monoisotopic (exact) mass is 448 g/mol. The molecule has 0 unspecified atom stereocenters. The number of halogens is 2. The molecule has 3 heterocycles. The molecule has 9 heteroatoms. The number of nitrogens with zero attached hydrogens (tertiary/aromatic N) is 4. The number of rotatable bonds is 3. The summed E-state index contributed by atoms with van der Waals surface area (Å²) in [6.07, 6.45) is 6.33. The first-order chi connectivity index (χ1) is 15.9. The van der Waals surface area contributed by atoms with Gasteiger partial charge in [0.15, 0.2) is 5.82 Å². The van der Waals surface area contributed by atoms with Crippen molar-refractivity contribution in [1.29, 1.82) is 0 Å². The van der Waals surface area contributed by atoms with Gasteiger partial charge < -0.3 is 14.9 Å². The number of aromatic nitrogens is 5. The third-order valence-corrected chi connectivity index (χ3v) is 6.72. The molecule has 0 radical (unpaired) electrons. The molecule has 1 aliphatic rings. The molecule has 0 aliphatic heterocycles. The average Bonchev–Trinajstić information content (AvgIpc) is 3.53. The summed E-state index contributed by atoms with van der Waals surface area (Å²) in [4.78, 5) is 13.0. The largest absolute Gasteiger partial charge is 0.350 e. The molecule has 0 spiro atoms. The molecule has 1 saturated carbocycles. The Morgan fingerprint density at radius 1 is 1.03 bits per heavy atom. The van der Waals surface area contributed by atoms with E-state index in [4.69, 9.17) is 5.73 Å². The molecular formula is C24H22F2N6O. The SMILES string of the molecule is Cn1cc(-c2n[nH]c(=O)n2-c2cn([C@@H]3CC[C@@H](N)C3)c3ccc(F)cc23)c2cc(F)ccc21. The van der Waals surface area contributed by atoms with Gasteiger partial charge in [-0.15, -0.1) is 0 Å². The van der Waals surface area contributed by atoms with Gasteiger partial charge in [-0.25, -0.2) is 23.2 Å². The van der Waals surface area contributed by atoms with Gasteiger partial charge in [0.2, 0.25) is 0 Å². The second-order valence-corrected chi connectivity index (χ2v) is 8.81. The summed E-state index contributed by atoms with van der Waals surface area (Å²) in [7, 11) is 1.85. The zero-order chi connectivity index (χ0) is 22.9. The summed E-state index contributed by atoms with van der Waals surface area (Å²) < 4.78 is 33.8. The second kappa shape index (κ2) is 7.14. The number of nitrogens with two attached hydrogens (primary N) is 1. The zero-order valence-corrected chi connectivity index (χ0v) is 17.9. The third-order valence-electron chi connectivity index (χ3n) is 6.72. The average molecular weight is 448 g/mol. The summed E-state index contributed by atoms with van der Waals surface area (Å²) in [5.41, 5.74) is 8.45. The minimum absolute atomic E-state index is 0.120. The topological polar surface area (TPSA) is 86.6 Å². The van der Waals surface area contributed by atoms with Crippen molar-refractivity contribution in [1.82, 2.24) is 23.9 Å². The Bertz CT molecular complexity index is 1590. The number of benzene rings is 2. The van der Waals surface area contributed by atoms with Crippen LogP contribution in [0.25, 0.3) is 38.9 Å². The summed E-state index contributed by atoms with van der Waals surface area (Å²) in [6, 6.07) is 9.38. The van der Waals surface area contributed by atoms with Crippen LogP contribution in [0.1, 0.15) is 25.3 Å². The fourth-order valence-corrected chi connectivity index (χ4v) is 5.18. The van der Waals surface area contributed by atoms with Crippen molar-refractivity contribution in [3.63, 3.8) is 0 Å². The van der Waals surface area contributed by atoms with Gasteiger partial charge in [-0.2, -0.15) is 5.10 Å². The first-order valence-electron chi connectivity index (χ1n) is 10.9. The summed E-state index contributed by atoms with van der Waals surface area (Å²) >= 11 is 0. The minimum atomic E-state index is -0.454. The van der Waals surface area contributed by atoms with Crippen molar-refractivity contribution in [2.24, 2.45) is 12.8 Å². The van der Waals surface area contributed by atoms with E-state index in [2.05, 4.69) is 14.8 Å². The highest BCUT2D eigenvalue weighted by atomic mass is 19.1. The van der Waals surface area contributed by atoms with Crippen molar-refractivity contribution in [2.45, 2.75) is 31.3 Å². The number of hydrogen-bond acceptors (Lipinski definition) is 3. The molecule has 2 atom stereocenters. The molecule has 0 bridgehead atoms. The number of H-pyrrole nitrogens is 1. The zero-order valence-electron chi connectivity index (χ0n) is 17.9. The summed E-state index contributed by atoms with van der Waals surface area (Å²) in [5.74, 6) is -0.437. The number of aryl methyl sites for hydroxylation is 1. The van der Waals surface area contributed by atoms with Gasteiger partial charge in [0.05, 0.1) is 11.2 Å². The lowest BCUT2D eigenvalue weighted by Crippen LogP contribution is -2.16. The highest BCUT2D eigenvalue weighted by Crippen LogP contribution is 2.37. The number of nitrogens with one attached hydrogen (secondary N) is 1. The fraction of sp³-hybridized carbons (Fsp3) is 0.250. The molecule has 0 amide bonds. The minimum Gasteiger partial charge on any atom is -0.350 e. The molecule has 1 aliphatic carbocycles. The van der Waals surface area contributed by atoms with Gasteiger partial charge in [-0.05, 0) is 55.7 Å². The first kappa shape index (κ1) is 19.9. The molecular weight excluding hydrogens is 426 g/mol. The molecule has 33 heavy (non-hydrogen) atoms. The molecule has 3 aromatic heterocycles. The maximum atomic E-state index is 14.3. The van der Waals surface area contributed by atoms with Crippen molar-refractivity contribution in [3.8, 4) is 17.1 Å². The van der Waals surface area contributed by atoms with Crippen molar-refractivity contribution >= 4 is 21.8 Å². The van der Waals surface area contributed by atoms with E-state index in [1.807, 2.05) is 24.0 Å². The van der Waals surface area contributed by atoms with Crippen LogP contribution in [-0.4, -0.2) is 29.9 Å². The molecule has 0 saturated heterocycles. The van der Waals surface area contributed by atoms with Crippen LogP contribution in [0.3, 0.4) is 0 Å². The van der Waals surface area contributed by atoms with Gasteiger partial charge in [0, 0.05) is 53.4 Å². The van der Waals surface area contributed by atoms with E-state index in [1.54, 1.807) is 12.1 Å². The van der Waals surface area contributed by atoms with Crippen LogP contribution in [0.5, 0.6) is 0 Å². The highest BCUT2D eigenvalue weighted by Gasteiger charge is 2.27. The highest BCUT2D eigenvalue weighted by molar-refractivity contribution is 5.96. The smallest absolute Gasteiger partial charge is 0.348 e. The maximum absolute atomic E-state index is 14.3. The number of hydrogen-bond donors (Lipinski definition) is 2. The van der Waals surface area contributed by atoms with E-state index in [-0.39, 0.29) is 17.9 Å². The Kier molecular flexibility index (Phi) is 4.31. The Hall–Kier alpha value is -3.72. The fourth-order valence-electron chi connectivity index (χ4n) is 5.18. The third kappa shape index (κ3) is 3.03. The van der Waals surface area contributed by atoms with Crippen molar-refractivity contribution in [3.05, 3.63) is 70.9 Å². The van der Waals surface area contributed by atoms with E-state index in [9.17, 15) is 13.6 Å². The van der Waals surface area contributed by atoms with E-state index < -0.39 is 11.5 Å².